The van der Waals surface area contributed by atoms with Gasteiger partial charge in [-0.2, -0.15) is 0 Å². The summed E-state index contributed by atoms with van der Waals surface area (Å²) in [5, 5.41) is 2.04. The van der Waals surface area contributed by atoms with Crippen molar-refractivity contribution in [2.75, 3.05) is 59.2 Å². The van der Waals surface area contributed by atoms with Crippen LogP contribution in [-0.4, -0.2) is 77.5 Å². The molecule has 8 heteroatoms. The van der Waals surface area contributed by atoms with Crippen molar-refractivity contribution < 1.29 is 13.2 Å². The number of hydrogen-bond acceptors (Lipinski definition) is 6. The topological polar surface area (TPSA) is 61.9 Å². The Hall–Kier alpha value is -0.510. The predicted molar refractivity (Wildman–Crippen MR) is 89.8 cm³/mol. The van der Waals surface area contributed by atoms with Gasteiger partial charge in [0.2, 0.25) is 10.0 Å². The lowest BCUT2D eigenvalue weighted by molar-refractivity contribution is 0.114. The largest absolute Gasteiger partial charge is 0.384 e. The van der Waals surface area contributed by atoms with Gasteiger partial charge in [0, 0.05) is 44.7 Å². The number of nitrogens with one attached hydrogen (secondary N) is 1. The van der Waals surface area contributed by atoms with E-state index in [0.717, 1.165) is 26.2 Å². The van der Waals surface area contributed by atoms with Crippen molar-refractivity contribution in [2.45, 2.75) is 6.04 Å². The van der Waals surface area contributed by atoms with Crippen molar-refractivity contribution in [3.63, 3.8) is 0 Å². The quantitative estimate of drug-likeness (QED) is 0.746. The molecule has 2 rings (SSSR count). The lowest BCUT2D eigenvalue weighted by atomic mass is 10.2. The first-order valence-corrected chi connectivity index (χ1v) is 9.97. The Morgan fingerprint density at radius 1 is 1.36 bits per heavy atom. The Kier molecular flexibility index (Phi) is 6.79. The third-order valence-corrected chi connectivity index (χ3v) is 6.19. The SMILES string of the molecule is COCCS(=O)(=O)NCC(c1cccs1)N1CCN(C)CC1. The monoisotopic (exact) mass is 347 g/mol. The molecule has 0 spiro atoms. The summed E-state index contributed by atoms with van der Waals surface area (Å²) in [6.07, 6.45) is 0. The number of likely N-dealkylation sites (N-methyl/N-ethyl adjacent to an activating group) is 1. The Morgan fingerprint density at radius 2 is 2.09 bits per heavy atom. The fraction of sp³-hybridized carbons (Fsp3) is 0.714. The molecule has 22 heavy (non-hydrogen) atoms. The van der Waals surface area contributed by atoms with Crippen LogP contribution in [0.5, 0.6) is 0 Å². The maximum absolute atomic E-state index is 12.0. The minimum Gasteiger partial charge on any atom is -0.384 e. The number of hydrogen-bond donors (Lipinski definition) is 1. The van der Waals surface area contributed by atoms with Crippen LogP contribution in [0, 0.1) is 0 Å². The van der Waals surface area contributed by atoms with Gasteiger partial charge in [0.05, 0.1) is 18.4 Å². The molecule has 1 aromatic rings. The van der Waals surface area contributed by atoms with Crippen LogP contribution in [0.25, 0.3) is 0 Å². The van der Waals surface area contributed by atoms with E-state index in [1.165, 1.54) is 12.0 Å². The van der Waals surface area contributed by atoms with E-state index in [1.54, 1.807) is 11.3 Å². The van der Waals surface area contributed by atoms with Crippen LogP contribution in [0.3, 0.4) is 0 Å². The number of sulfonamides is 1. The fourth-order valence-electron chi connectivity index (χ4n) is 2.50. The van der Waals surface area contributed by atoms with Gasteiger partial charge in [-0.05, 0) is 18.5 Å². The molecule has 2 heterocycles. The second-order valence-corrected chi connectivity index (χ2v) is 8.44. The van der Waals surface area contributed by atoms with E-state index < -0.39 is 10.0 Å². The highest BCUT2D eigenvalue weighted by molar-refractivity contribution is 7.89. The molecule has 1 atom stereocenters. The Labute approximate surface area is 137 Å². The summed E-state index contributed by atoms with van der Waals surface area (Å²) in [4.78, 5) is 5.87. The highest BCUT2D eigenvalue weighted by Crippen LogP contribution is 2.25. The number of thiophene rings is 1. The number of piperazine rings is 1. The van der Waals surface area contributed by atoms with Crippen molar-refractivity contribution in [2.24, 2.45) is 0 Å². The van der Waals surface area contributed by atoms with Crippen LogP contribution >= 0.6 is 11.3 Å². The number of ether oxygens (including phenoxy) is 1. The van der Waals surface area contributed by atoms with E-state index in [4.69, 9.17) is 4.74 Å². The Balaban J connectivity index is 2.00. The maximum atomic E-state index is 12.0. The average Bonchev–Trinajstić information content (AvgIpc) is 3.01. The third-order valence-electron chi connectivity index (χ3n) is 3.90. The normalized spacial score (nSPS) is 19.4. The van der Waals surface area contributed by atoms with Crippen molar-refractivity contribution in [3.05, 3.63) is 22.4 Å². The standard InChI is InChI=1S/C14H25N3O3S2/c1-16-5-7-17(8-6-16)13(14-4-3-10-21-14)12-15-22(18,19)11-9-20-2/h3-4,10,13,15H,5-9,11-12H2,1-2H3. The van der Waals surface area contributed by atoms with Gasteiger partial charge in [-0.15, -0.1) is 11.3 Å². The summed E-state index contributed by atoms with van der Waals surface area (Å²) in [7, 11) is 0.337. The van der Waals surface area contributed by atoms with Gasteiger partial charge >= 0.3 is 0 Å². The van der Waals surface area contributed by atoms with Gasteiger partial charge in [-0.3, -0.25) is 4.90 Å². The van der Waals surface area contributed by atoms with Crippen molar-refractivity contribution >= 4 is 21.4 Å². The van der Waals surface area contributed by atoms with Crippen LogP contribution in [0.1, 0.15) is 10.9 Å². The maximum Gasteiger partial charge on any atom is 0.213 e. The summed E-state index contributed by atoms with van der Waals surface area (Å²) in [5.41, 5.74) is 0. The predicted octanol–water partition coefficient (Wildman–Crippen LogP) is 0.602. The van der Waals surface area contributed by atoms with Gasteiger partial charge in [-0.25, -0.2) is 13.1 Å². The van der Waals surface area contributed by atoms with Gasteiger partial charge in [0.1, 0.15) is 0 Å². The van der Waals surface area contributed by atoms with Crippen LogP contribution < -0.4 is 4.72 Å². The van der Waals surface area contributed by atoms with Gasteiger partial charge in [-0.1, -0.05) is 6.07 Å². The van der Waals surface area contributed by atoms with Crippen LogP contribution in [0.15, 0.2) is 17.5 Å². The molecule has 1 aliphatic rings. The second kappa shape index (κ2) is 8.37. The molecule has 0 aromatic carbocycles. The molecule has 0 saturated carbocycles. The summed E-state index contributed by atoms with van der Waals surface area (Å²) in [5.74, 6) is 0.00337. The van der Waals surface area contributed by atoms with Crippen LogP contribution in [0.4, 0.5) is 0 Å². The second-order valence-electron chi connectivity index (χ2n) is 5.53. The lowest BCUT2D eigenvalue weighted by Crippen LogP contribution is -2.48. The fourth-order valence-corrected chi connectivity index (χ4v) is 4.30. The highest BCUT2D eigenvalue weighted by Gasteiger charge is 2.26. The molecular weight excluding hydrogens is 322 g/mol. The van der Waals surface area contributed by atoms with Crippen LogP contribution in [-0.2, 0) is 14.8 Å². The van der Waals surface area contributed by atoms with Gasteiger partial charge in [0.15, 0.2) is 0 Å². The molecule has 1 aliphatic heterocycles. The molecule has 0 radical (unpaired) electrons. The first-order chi connectivity index (χ1) is 10.5. The van der Waals surface area contributed by atoms with Gasteiger partial charge < -0.3 is 9.64 Å². The average molecular weight is 348 g/mol. The molecule has 1 aromatic heterocycles. The van der Waals surface area contributed by atoms with E-state index in [9.17, 15) is 8.42 Å². The lowest BCUT2D eigenvalue weighted by Gasteiger charge is -2.37. The third kappa shape index (κ3) is 5.29. The molecule has 1 N–H and O–H groups in total. The molecule has 0 bridgehead atoms. The summed E-state index contributed by atoms with van der Waals surface area (Å²) < 4.78 is 31.6. The zero-order chi connectivity index (χ0) is 16.0. The Morgan fingerprint density at radius 3 is 2.68 bits per heavy atom. The molecular formula is C14H25N3O3S2. The van der Waals surface area contributed by atoms with Crippen molar-refractivity contribution in [1.29, 1.82) is 0 Å². The molecule has 1 saturated heterocycles. The van der Waals surface area contributed by atoms with E-state index in [1.807, 2.05) is 11.4 Å². The molecule has 1 fully saturated rings. The minimum absolute atomic E-state index is 0.00337. The molecule has 126 valence electrons. The molecule has 1 unspecified atom stereocenters. The summed E-state index contributed by atoms with van der Waals surface area (Å²) in [6.45, 7) is 4.57. The van der Waals surface area contributed by atoms with Crippen molar-refractivity contribution in [3.8, 4) is 0 Å². The van der Waals surface area contributed by atoms with E-state index in [0.29, 0.717) is 6.54 Å². The van der Waals surface area contributed by atoms with E-state index in [2.05, 4.69) is 27.6 Å². The Bertz CT molecular complexity index is 526. The molecule has 0 amide bonds. The zero-order valence-corrected chi connectivity index (χ0v) is 14.8. The smallest absolute Gasteiger partial charge is 0.213 e. The molecule has 6 nitrogen and oxygen atoms in total. The summed E-state index contributed by atoms with van der Waals surface area (Å²) in [6, 6.07) is 4.20. The van der Waals surface area contributed by atoms with Crippen molar-refractivity contribution in [1.82, 2.24) is 14.5 Å². The number of rotatable bonds is 8. The highest BCUT2D eigenvalue weighted by atomic mass is 32.2. The minimum atomic E-state index is -3.29. The van der Waals surface area contributed by atoms with Crippen LogP contribution in [0.2, 0.25) is 0 Å². The zero-order valence-electron chi connectivity index (χ0n) is 13.2. The first kappa shape index (κ1) is 17.8. The van der Waals surface area contributed by atoms with E-state index >= 15 is 0 Å². The number of methoxy groups -OCH3 is 1. The first-order valence-electron chi connectivity index (χ1n) is 7.44. The molecule has 0 aliphatic carbocycles. The van der Waals surface area contributed by atoms with Gasteiger partial charge in [0.25, 0.3) is 0 Å². The van der Waals surface area contributed by atoms with E-state index in [-0.39, 0.29) is 18.4 Å². The number of nitrogens with zero attached hydrogens (tertiary/aromatic N) is 2. The summed E-state index contributed by atoms with van der Waals surface area (Å²) >= 11 is 1.68.